The number of furan rings is 1. The van der Waals surface area contributed by atoms with Crippen LogP contribution in [0.25, 0.3) is 0 Å². The van der Waals surface area contributed by atoms with E-state index < -0.39 is 5.41 Å². The number of carbonyl (C=O) groups is 2. The Hall–Kier alpha value is -1.58. The quantitative estimate of drug-likeness (QED) is 0.460. The average molecular weight is 344 g/mol. The van der Waals surface area contributed by atoms with Gasteiger partial charge in [0, 0.05) is 6.42 Å². The van der Waals surface area contributed by atoms with Gasteiger partial charge in [-0.1, -0.05) is 20.3 Å². The van der Waals surface area contributed by atoms with Gasteiger partial charge in [-0.05, 0) is 66.4 Å². The van der Waals surface area contributed by atoms with Crippen LogP contribution in [0, 0.1) is 28.6 Å². The Balaban J connectivity index is 1.76. The Kier molecular flexibility index (Phi) is 3.86. The number of hydrogen-bond donors (Lipinski definition) is 0. The maximum absolute atomic E-state index is 12.6. The second-order valence-electron chi connectivity index (χ2n) is 8.70. The third-order valence-electron chi connectivity index (χ3n) is 7.97. The van der Waals surface area contributed by atoms with E-state index in [1.54, 1.807) is 0 Å². The molecule has 0 aliphatic heterocycles. The SMILES string of the molecule is COC(=O)C1(C=O)CCCC2(C)C3Cc4occc4C(C)C3CCC12. The molecule has 136 valence electrons. The summed E-state index contributed by atoms with van der Waals surface area (Å²) in [5, 5.41) is 0. The van der Waals surface area contributed by atoms with Crippen molar-refractivity contribution in [1.29, 1.82) is 0 Å². The van der Waals surface area contributed by atoms with E-state index in [0.717, 1.165) is 44.2 Å². The lowest BCUT2D eigenvalue weighted by atomic mass is 9.43. The number of esters is 1. The van der Waals surface area contributed by atoms with Gasteiger partial charge in [-0.2, -0.15) is 0 Å². The van der Waals surface area contributed by atoms with Crippen molar-refractivity contribution >= 4 is 12.3 Å². The highest BCUT2D eigenvalue weighted by Gasteiger charge is 2.62. The minimum absolute atomic E-state index is 0.0188. The monoisotopic (exact) mass is 344 g/mol. The summed E-state index contributed by atoms with van der Waals surface area (Å²) >= 11 is 0. The normalized spacial score (nSPS) is 42.7. The molecule has 4 nitrogen and oxygen atoms in total. The van der Waals surface area contributed by atoms with E-state index in [2.05, 4.69) is 19.9 Å². The second-order valence-corrected chi connectivity index (χ2v) is 8.70. The lowest BCUT2D eigenvalue weighted by molar-refractivity contribution is -0.177. The highest BCUT2D eigenvalue weighted by molar-refractivity contribution is 5.94. The Morgan fingerprint density at radius 1 is 1.36 bits per heavy atom. The fraction of sp³-hybridized carbons (Fsp3) is 0.714. The second kappa shape index (κ2) is 5.72. The molecular formula is C21H28O4. The predicted octanol–water partition coefficient (Wildman–Crippen LogP) is 4.13. The molecule has 3 aliphatic carbocycles. The fourth-order valence-corrected chi connectivity index (χ4v) is 6.74. The Labute approximate surface area is 149 Å². The van der Waals surface area contributed by atoms with Crippen molar-refractivity contribution in [3.63, 3.8) is 0 Å². The molecule has 1 aromatic rings. The summed E-state index contributed by atoms with van der Waals surface area (Å²) in [5.74, 6) is 2.39. The van der Waals surface area contributed by atoms with E-state index in [9.17, 15) is 9.59 Å². The van der Waals surface area contributed by atoms with Gasteiger partial charge in [-0.3, -0.25) is 4.79 Å². The number of carbonyl (C=O) groups excluding carboxylic acids is 2. The number of hydrogen-bond acceptors (Lipinski definition) is 4. The molecule has 0 saturated heterocycles. The predicted molar refractivity (Wildman–Crippen MR) is 93.0 cm³/mol. The minimum atomic E-state index is -0.959. The summed E-state index contributed by atoms with van der Waals surface area (Å²) in [6, 6.07) is 2.12. The number of aldehydes is 1. The van der Waals surface area contributed by atoms with Crippen LogP contribution < -0.4 is 0 Å². The van der Waals surface area contributed by atoms with Gasteiger partial charge in [0.1, 0.15) is 17.5 Å². The number of rotatable bonds is 2. The highest BCUT2D eigenvalue weighted by atomic mass is 16.5. The fourth-order valence-electron chi connectivity index (χ4n) is 6.74. The van der Waals surface area contributed by atoms with Crippen molar-refractivity contribution in [2.45, 2.75) is 58.3 Å². The molecule has 0 spiro atoms. The van der Waals surface area contributed by atoms with Crippen LogP contribution in [0.4, 0.5) is 0 Å². The van der Waals surface area contributed by atoms with Gasteiger partial charge in [0.05, 0.1) is 13.4 Å². The molecule has 0 N–H and O–H groups in total. The van der Waals surface area contributed by atoms with Crippen molar-refractivity contribution in [1.82, 2.24) is 0 Å². The van der Waals surface area contributed by atoms with E-state index in [0.29, 0.717) is 24.2 Å². The van der Waals surface area contributed by atoms with Crippen molar-refractivity contribution in [3.8, 4) is 0 Å². The van der Waals surface area contributed by atoms with E-state index >= 15 is 0 Å². The number of methoxy groups -OCH3 is 1. The molecule has 1 heterocycles. The van der Waals surface area contributed by atoms with E-state index in [4.69, 9.17) is 9.15 Å². The molecular weight excluding hydrogens is 316 g/mol. The van der Waals surface area contributed by atoms with Crippen molar-refractivity contribution in [2.75, 3.05) is 7.11 Å². The van der Waals surface area contributed by atoms with Gasteiger partial charge in [-0.25, -0.2) is 0 Å². The first kappa shape index (κ1) is 16.9. The number of ether oxygens (including phenoxy) is 1. The van der Waals surface area contributed by atoms with E-state index in [1.165, 1.54) is 12.7 Å². The molecule has 0 radical (unpaired) electrons. The standard InChI is InChI=1S/C21H28O4/c1-13-14-5-6-18-20(2,16(14)11-17-15(13)7-10-25-17)8-4-9-21(18,12-22)19(23)24-3/h7,10,12-14,16,18H,4-6,8-9,11H2,1-3H3. The molecule has 4 rings (SSSR count). The summed E-state index contributed by atoms with van der Waals surface area (Å²) in [6.07, 6.45) is 8.27. The van der Waals surface area contributed by atoms with Crippen LogP contribution in [0.15, 0.2) is 16.7 Å². The van der Waals surface area contributed by atoms with Crippen LogP contribution in [0.2, 0.25) is 0 Å². The van der Waals surface area contributed by atoms with Gasteiger partial charge in [0.25, 0.3) is 0 Å². The number of fused-ring (bicyclic) bond motifs is 4. The first-order valence-electron chi connectivity index (χ1n) is 9.59. The average Bonchev–Trinajstić information content (AvgIpc) is 3.09. The lowest BCUT2D eigenvalue weighted by Crippen LogP contribution is -2.58. The summed E-state index contributed by atoms with van der Waals surface area (Å²) < 4.78 is 10.9. The van der Waals surface area contributed by atoms with E-state index in [-0.39, 0.29) is 17.3 Å². The van der Waals surface area contributed by atoms with Crippen molar-refractivity contribution < 1.29 is 18.7 Å². The molecule has 0 aromatic carbocycles. The van der Waals surface area contributed by atoms with Crippen LogP contribution in [0.1, 0.15) is 63.2 Å². The molecule has 2 fully saturated rings. The zero-order valence-electron chi connectivity index (χ0n) is 15.4. The molecule has 4 heteroatoms. The van der Waals surface area contributed by atoms with Crippen LogP contribution in [0.3, 0.4) is 0 Å². The van der Waals surface area contributed by atoms with Crippen LogP contribution >= 0.6 is 0 Å². The zero-order valence-corrected chi connectivity index (χ0v) is 15.4. The van der Waals surface area contributed by atoms with Crippen LogP contribution in [-0.4, -0.2) is 19.4 Å². The molecule has 6 atom stereocenters. The first-order valence-corrected chi connectivity index (χ1v) is 9.59. The molecule has 0 bridgehead atoms. The first-order chi connectivity index (χ1) is 12.0. The zero-order chi connectivity index (χ0) is 17.8. The topological polar surface area (TPSA) is 56.5 Å². The Bertz CT molecular complexity index is 692. The highest BCUT2D eigenvalue weighted by Crippen LogP contribution is 2.64. The smallest absolute Gasteiger partial charge is 0.319 e. The minimum Gasteiger partial charge on any atom is -0.469 e. The maximum Gasteiger partial charge on any atom is 0.319 e. The van der Waals surface area contributed by atoms with Gasteiger partial charge >= 0.3 is 5.97 Å². The third kappa shape index (κ3) is 2.12. The molecule has 25 heavy (non-hydrogen) atoms. The summed E-state index contributed by atoms with van der Waals surface area (Å²) in [4.78, 5) is 24.8. The molecule has 0 amide bonds. The molecule has 6 unspecified atom stereocenters. The molecule has 3 aliphatic rings. The summed E-state index contributed by atoms with van der Waals surface area (Å²) in [7, 11) is 1.41. The van der Waals surface area contributed by atoms with Gasteiger partial charge in [0.2, 0.25) is 0 Å². The van der Waals surface area contributed by atoms with Crippen LogP contribution in [0.5, 0.6) is 0 Å². The Morgan fingerprint density at radius 3 is 2.88 bits per heavy atom. The summed E-state index contributed by atoms with van der Waals surface area (Å²) in [6.45, 7) is 4.63. The van der Waals surface area contributed by atoms with Gasteiger partial charge in [-0.15, -0.1) is 0 Å². The van der Waals surface area contributed by atoms with Gasteiger partial charge < -0.3 is 13.9 Å². The largest absolute Gasteiger partial charge is 0.469 e. The molecule has 1 aromatic heterocycles. The Morgan fingerprint density at radius 2 is 2.16 bits per heavy atom. The van der Waals surface area contributed by atoms with Crippen molar-refractivity contribution in [2.24, 2.45) is 28.6 Å². The lowest BCUT2D eigenvalue weighted by Gasteiger charge is -2.60. The maximum atomic E-state index is 12.6. The van der Waals surface area contributed by atoms with Crippen molar-refractivity contribution in [3.05, 3.63) is 23.7 Å². The van der Waals surface area contributed by atoms with E-state index in [1.807, 2.05) is 6.26 Å². The molecule has 2 saturated carbocycles. The third-order valence-corrected chi connectivity index (χ3v) is 7.97. The summed E-state index contributed by atoms with van der Waals surface area (Å²) in [5.41, 5.74) is 0.378. The van der Waals surface area contributed by atoms with Crippen LogP contribution in [-0.2, 0) is 20.7 Å². The van der Waals surface area contributed by atoms with Gasteiger partial charge in [0.15, 0.2) is 0 Å².